The van der Waals surface area contributed by atoms with E-state index in [1.807, 2.05) is 88.4 Å². The van der Waals surface area contributed by atoms with Crippen LogP contribution in [0.4, 0.5) is 4.79 Å². The summed E-state index contributed by atoms with van der Waals surface area (Å²) in [5, 5.41) is 13.7. The van der Waals surface area contributed by atoms with E-state index in [4.69, 9.17) is 21.1 Å². The van der Waals surface area contributed by atoms with E-state index in [0.29, 0.717) is 24.5 Å². The summed E-state index contributed by atoms with van der Waals surface area (Å²) in [5.41, 5.74) is 0.848. The predicted molar refractivity (Wildman–Crippen MR) is 155 cm³/mol. The number of rotatable bonds is 12. The van der Waals surface area contributed by atoms with Gasteiger partial charge in [-0.3, -0.25) is 0 Å². The number of halogens is 1. The van der Waals surface area contributed by atoms with Gasteiger partial charge < -0.3 is 19.9 Å². The van der Waals surface area contributed by atoms with Crippen molar-refractivity contribution >= 4 is 29.5 Å². The Morgan fingerprint density at radius 2 is 1.74 bits per heavy atom. The number of nitrogens with one attached hydrogen (secondary N) is 1. The second-order valence-corrected chi connectivity index (χ2v) is 11.9. The van der Waals surface area contributed by atoms with Crippen LogP contribution in [-0.2, 0) is 17.8 Å². The molecule has 3 aromatic carbocycles. The van der Waals surface area contributed by atoms with Crippen LogP contribution in [0.2, 0.25) is 5.02 Å². The summed E-state index contributed by atoms with van der Waals surface area (Å²) in [7, 11) is 0. The van der Waals surface area contributed by atoms with E-state index in [0.717, 1.165) is 39.5 Å². The highest BCUT2D eigenvalue weighted by atomic mass is 35.5. The maximum atomic E-state index is 12.3. The van der Waals surface area contributed by atoms with Crippen molar-refractivity contribution in [3.63, 3.8) is 0 Å². The molecule has 2 N–H and O–H groups in total. The molecule has 0 aliphatic carbocycles. The van der Waals surface area contributed by atoms with E-state index in [1.165, 1.54) is 0 Å². The van der Waals surface area contributed by atoms with Gasteiger partial charge in [0.05, 0.1) is 12.1 Å². The van der Waals surface area contributed by atoms with E-state index < -0.39 is 17.2 Å². The van der Waals surface area contributed by atoms with Gasteiger partial charge in [-0.05, 0) is 87.9 Å². The van der Waals surface area contributed by atoms with Gasteiger partial charge in [-0.25, -0.2) is 4.79 Å². The van der Waals surface area contributed by atoms with Crippen LogP contribution >= 0.6 is 23.4 Å². The molecule has 204 valence electrons. The molecule has 1 unspecified atom stereocenters. The Bertz CT molecular complexity index is 1180. The minimum atomic E-state index is -0.724. The summed E-state index contributed by atoms with van der Waals surface area (Å²) in [6, 6.07) is 24.2. The van der Waals surface area contributed by atoms with Gasteiger partial charge in [-0.2, -0.15) is 0 Å². The lowest BCUT2D eigenvalue weighted by molar-refractivity contribution is 0.0377. The molecule has 7 heteroatoms. The number of hydrogen-bond acceptors (Lipinski definition) is 5. The number of hydrogen-bond donors (Lipinski definition) is 2. The molecule has 1 atom stereocenters. The zero-order valence-electron chi connectivity index (χ0n) is 22.6. The lowest BCUT2D eigenvalue weighted by Crippen LogP contribution is -2.52. The van der Waals surface area contributed by atoms with Crippen LogP contribution in [0.15, 0.2) is 82.6 Å². The minimum Gasteiger partial charge on any atom is -0.489 e. The number of amides is 1. The number of aliphatic hydroxyl groups excluding tert-OH is 1. The number of aliphatic hydroxyl groups is 1. The van der Waals surface area contributed by atoms with E-state index in [-0.39, 0.29) is 6.61 Å². The molecule has 0 fully saturated rings. The lowest BCUT2D eigenvalue weighted by atomic mass is 9.89. The van der Waals surface area contributed by atoms with Crippen LogP contribution in [-0.4, -0.2) is 28.9 Å². The number of alkyl carbamates (subject to hydrolysis) is 1. The Hall–Kier alpha value is -2.67. The van der Waals surface area contributed by atoms with E-state index in [2.05, 4.69) is 17.4 Å². The third-order valence-electron chi connectivity index (χ3n) is 6.16. The van der Waals surface area contributed by atoms with Crippen molar-refractivity contribution in [2.45, 2.75) is 80.9 Å². The van der Waals surface area contributed by atoms with Crippen molar-refractivity contribution in [2.75, 3.05) is 6.61 Å². The fourth-order valence-corrected chi connectivity index (χ4v) is 5.24. The molecule has 38 heavy (non-hydrogen) atoms. The van der Waals surface area contributed by atoms with Crippen molar-refractivity contribution in [3.8, 4) is 5.75 Å². The van der Waals surface area contributed by atoms with Crippen LogP contribution in [0.3, 0.4) is 0 Å². The maximum absolute atomic E-state index is 12.3. The molecule has 0 bridgehead atoms. The first kappa shape index (κ1) is 29.9. The fourth-order valence-electron chi connectivity index (χ4n) is 3.99. The van der Waals surface area contributed by atoms with Crippen molar-refractivity contribution in [3.05, 3.63) is 88.9 Å². The smallest absolute Gasteiger partial charge is 0.408 e. The Morgan fingerprint density at radius 1 is 1.00 bits per heavy atom. The Labute approximate surface area is 235 Å². The Morgan fingerprint density at radius 3 is 2.39 bits per heavy atom. The molecule has 0 heterocycles. The quantitative estimate of drug-likeness (QED) is 0.236. The second kappa shape index (κ2) is 13.9. The zero-order chi connectivity index (χ0) is 27.6. The molecule has 0 saturated heterocycles. The summed E-state index contributed by atoms with van der Waals surface area (Å²) >= 11 is 8.28. The molecule has 0 aliphatic rings. The lowest BCUT2D eigenvalue weighted by Gasteiger charge is -2.33. The third-order valence-corrected chi connectivity index (χ3v) is 7.49. The third kappa shape index (κ3) is 9.57. The van der Waals surface area contributed by atoms with Gasteiger partial charge >= 0.3 is 6.09 Å². The number of ether oxygens (including phenoxy) is 2. The van der Waals surface area contributed by atoms with Crippen LogP contribution < -0.4 is 10.1 Å². The van der Waals surface area contributed by atoms with Gasteiger partial charge in [0.1, 0.15) is 18.0 Å². The van der Waals surface area contributed by atoms with Crippen LogP contribution in [0.5, 0.6) is 5.75 Å². The molecule has 0 aromatic heterocycles. The fraction of sp³-hybridized carbons (Fsp3) is 0.387. The normalized spacial score (nSPS) is 13.0. The van der Waals surface area contributed by atoms with Gasteiger partial charge in [0.2, 0.25) is 0 Å². The van der Waals surface area contributed by atoms with Crippen molar-refractivity contribution in [2.24, 2.45) is 0 Å². The molecule has 3 rings (SSSR count). The average Bonchev–Trinajstić information content (AvgIpc) is 2.88. The molecular formula is C31H38ClNO4S. The highest BCUT2D eigenvalue weighted by Gasteiger charge is 2.31. The monoisotopic (exact) mass is 555 g/mol. The van der Waals surface area contributed by atoms with Crippen LogP contribution in [0.25, 0.3) is 0 Å². The van der Waals surface area contributed by atoms with Crippen molar-refractivity contribution < 1.29 is 19.4 Å². The largest absolute Gasteiger partial charge is 0.489 e. The zero-order valence-corrected chi connectivity index (χ0v) is 24.2. The molecule has 0 radical (unpaired) electrons. The summed E-state index contributed by atoms with van der Waals surface area (Å²) in [5.74, 6) is 0.824. The first-order valence-corrected chi connectivity index (χ1v) is 14.2. The summed E-state index contributed by atoms with van der Waals surface area (Å²) in [4.78, 5) is 14.4. The summed E-state index contributed by atoms with van der Waals surface area (Å²) in [6.45, 7) is 7.78. The van der Waals surface area contributed by atoms with Crippen molar-refractivity contribution in [1.82, 2.24) is 5.32 Å². The number of carbonyl (C=O) groups excluding carboxylic acids is 1. The first-order valence-electron chi connectivity index (χ1n) is 13.0. The molecule has 0 saturated carbocycles. The number of benzene rings is 3. The van der Waals surface area contributed by atoms with E-state index >= 15 is 0 Å². The molecule has 3 aromatic rings. The van der Waals surface area contributed by atoms with Gasteiger partial charge in [0.25, 0.3) is 0 Å². The standard InChI is InChI=1S/C31H38ClNO4S/c1-5-31(22-34,33-29(35)37-30(2,3)4)18-10-13-24-16-17-27(20-28(24)32)38-26-15-9-14-25(19-26)36-21-23-11-7-6-8-12-23/h6-9,11-12,14-17,19-20,34H,5,10,13,18,21-22H2,1-4H3,(H,33,35). The second-order valence-electron chi connectivity index (χ2n) is 10.4. The van der Waals surface area contributed by atoms with Crippen molar-refractivity contribution in [1.29, 1.82) is 0 Å². The minimum absolute atomic E-state index is 0.153. The molecule has 1 amide bonds. The topological polar surface area (TPSA) is 67.8 Å². The first-order chi connectivity index (χ1) is 18.1. The molecule has 0 spiro atoms. The molecular weight excluding hydrogens is 518 g/mol. The predicted octanol–water partition coefficient (Wildman–Crippen LogP) is 8.06. The summed E-state index contributed by atoms with van der Waals surface area (Å²) < 4.78 is 11.4. The van der Waals surface area contributed by atoms with Gasteiger partial charge in [-0.15, -0.1) is 0 Å². The Kier molecular flexibility index (Phi) is 11.0. The average molecular weight is 556 g/mol. The molecule has 0 aliphatic heterocycles. The maximum Gasteiger partial charge on any atom is 0.408 e. The highest BCUT2D eigenvalue weighted by Crippen LogP contribution is 2.33. The van der Waals surface area contributed by atoms with Gasteiger partial charge in [-0.1, -0.05) is 72.8 Å². The summed E-state index contributed by atoms with van der Waals surface area (Å²) in [6.07, 6.45) is 2.20. The Balaban J connectivity index is 1.55. The van der Waals surface area contributed by atoms with E-state index in [1.54, 1.807) is 11.8 Å². The van der Waals surface area contributed by atoms with Crippen LogP contribution in [0, 0.1) is 0 Å². The highest BCUT2D eigenvalue weighted by molar-refractivity contribution is 7.99. The number of carbonyl (C=O) groups is 1. The SMILES string of the molecule is CCC(CO)(CCCc1ccc(Sc2cccc(OCc3ccccc3)c2)cc1Cl)NC(=O)OC(C)(C)C. The van der Waals surface area contributed by atoms with Gasteiger partial charge in [0, 0.05) is 14.8 Å². The van der Waals surface area contributed by atoms with E-state index in [9.17, 15) is 9.90 Å². The van der Waals surface area contributed by atoms with Crippen LogP contribution in [0.1, 0.15) is 58.1 Å². The van der Waals surface area contributed by atoms with Gasteiger partial charge in [0.15, 0.2) is 0 Å². The molecule has 5 nitrogen and oxygen atoms in total. The number of aryl methyl sites for hydroxylation is 1.